The topological polar surface area (TPSA) is 83.5 Å². The van der Waals surface area contributed by atoms with E-state index in [4.69, 9.17) is 5.11 Å². The van der Waals surface area contributed by atoms with Crippen molar-refractivity contribution in [3.05, 3.63) is 29.8 Å². The molecule has 1 aromatic rings. The van der Waals surface area contributed by atoms with E-state index in [0.29, 0.717) is 6.07 Å². The molecule has 0 aliphatic heterocycles. The van der Waals surface area contributed by atoms with Crippen LogP contribution in [0.4, 0.5) is 14.5 Å². The molecule has 0 fully saturated rings. The summed E-state index contributed by atoms with van der Waals surface area (Å²) in [6.07, 6.45) is -0.422. The van der Waals surface area contributed by atoms with Crippen LogP contribution in [0.5, 0.6) is 0 Å². The van der Waals surface area contributed by atoms with Crippen LogP contribution in [0.25, 0.3) is 0 Å². The Labute approximate surface area is 102 Å². The molecule has 0 aromatic heterocycles. The second kappa shape index (κ2) is 5.76. The molecule has 0 atom stereocenters. The largest absolute Gasteiger partial charge is 0.481 e. The van der Waals surface area contributed by atoms with Gasteiger partial charge in [0.1, 0.15) is 11.6 Å². The molecule has 0 heterocycles. The Morgan fingerprint density at radius 2 is 2.00 bits per heavy atom. The molecular weight excluding hydrogens is 268 g/mol. The smallest absolute Gasteiger partial charge is 0.303 e. The second-order valence-corrected chi connectivity index (χ2v) is 5.38. The van der Waals surface area contributed by atoms with Crippen molar-refractivity contribution in [3.63, 3.8) is 0 Å². The molecule has 0 spiro atoms. The number of carboxylic acid groups (broad SMARTS) is 1. The van der Waals surface area contributed by atoms with Crippen molar-refractivity contribution in [2.45, 2.75) is 12.8 Å². The van der Waals surface area contributed by atoms with Gasteiger partial charge in [-0.1, -0.05) is 0 Å². The van der Waals surface area contributed by atoms with Gasteiger partial charge in [0.2, 0.25) is 10.0 Å². The normalized spacial score (nSPS) is 11.2. The summed E-state index contributed by atoms with van der Waals surface area (Å²) >= 11 is 0. The molecule has 8 heteroatoms. The average Bonchev–Trinajstić information content (AvgIpc) is 2.22. The first-order valence-corrected chi connectivity index (χ1v) is 6.63. The van der Waals surface area contributed by atoms with E-state index < -0.39 is 39.1 Å². The summed E-state index contributed by atoms with van der Waals surface area (Å²) in [4.78, 5) is 10.2. The quantitative estimate of drug-likeness (QED) is 0.828. The van der Waals surface area contributed by atoms with Gasteiger partial charge in [-0.2, -0.15) is 0 Å². The Kier molecular flexibility index (Phi) is 4.60. The molecule has 18 heavy (non-hydrogen) atoms. The zero-order valence-electron chi connectivity index (χ0n) is 9.19. The fourth-order valence-electron chi connectivity index (χ4n) is 1.21. The van der Waals surface area contributed by atoms with E-state index >= 15 is 0 Å². The highest BCUT2D eigenvalue weighted by atomic mass is 32.2. The molecular formula is C10H11F2NO4S. The van der Waals surface area contributed by atoms with Crippen molar-refractivity contribution in [3.8, 4) is 0 Å². The van der Waals surface area contributed by atoms with Gasteiger partial charge in [-0.05, 0) is 18.6 Å². The summed E-state index contributed by atoms with van der Waals surface area (Å²) in [7, 11) is -3.89. The van der Waals surface area contributed by atoms with Crippen molar-refractivity contribution >= 4 is 21.7 Å². The van der Waals surface area contributed by atoms with Crippen LogP contribution in [0, 0.1) is 11.6 Å². The van der Waals surface area contributed by atoms with Crippen LogP contribution >= 0.6 is 0 Å². The fourth-order valence-corrected chi connectivity index (χ4v) is 2.33. The number of hydrogen-bond acceptors (Lipinski definition) is 3. The van der Waals surface area contributed by atoms with Crippen LogP contribution < -0.4 is 4.72 Å². The van der Waals surface area contributed by atoms with Crippen LogP contribution in [0.15, 0.2) is 18.2 Å². The lowest BCUT2D eigenvalue weighted by Crippen LogP contribution is -2.18. The van der Waals surface area contributed by atoms with Gasteiger partial charge in [-0.25, -0.2) is 17.2 Å². The summed E-state index contributed by atoms with van der Waals surface area (Å²) in [5.74, 6) is -3.28. The van der Waals surface area contributed by atoms with E-state index in [-0.39, 0.29) is 12.8 Å². The van der Waals surface area contributed by atoms with E-state index in [1.165, 1.54) is 0 Å². The predicted molar refractivity (Wildman–Crippen MR) is 60.6 cm³/mol. The number of nitrogens with one attached hydrogen (secondary N) is 1. The number of anilines is 1. The van der Waals surface area contributed by atoms with Crippen LogP contribution in [-0.2, 0) is 14.8 Å². The third kappa shape index (κ3) is 4.66. The SMILES string of the molecule is O=C(O)CCCS(=O)(=O)Nc1cc(F)ccc1F. The molecule has 0 aliphatic rings. The van der Waals surface area contributed by atoms with Crippen molar-refractivity contribution in [1.29, 1.82) is 0 Å². The fraction of sp³-hybridized carbons (Fsp3) is 0.300. The monoisotopic (exact) mass is 279 g/mol. The molecule has 0 unspecified atom stereocenters. The van der Waals surface area contributed by atoms with Gasteiger partial charge < -0.3 is 5.11 Å². The Hall–Kier alpha value is -1.70. The van der Waals surface area contributed by atoms with E-state index in [9.17, 15) is 22.0 Å². The summed E-state index contributed by atoms with van der Waals surface area (Å²) in [5, 5.41) is 8.36. The molecule has 2 N–H and O–H groups in total. The number of benzene rings is 1. The van der Waals surface area contributed by atoms with Crippen molar-refractivity contribution in [2.75, 3.05) is 10.5 Å². The first-order chi connectivity index (χ1) is 8.30. The predicted octanol–water partition coefficient (Wildman–Crippen LogP) is 1.57. The van der Waals surface area contributed by atoms with E-state index in [1.807, 2.05) is 4.72 Å². The lowest BCUT2D eigenvalue weighted by molar-refractivity contribution is -0.137. The maximum atomic E-state index is 13.2. The number of rotatable bonds is 6. The summed E-state index contributed by atoms with van der Waals surface area (Å²) in [5.41, 5.74) is -0.495. The van der Waals surface area contributed by atoms with E-state index in [2.05, 4.69) is 0 Å². The Morgan fingerprint density at radius 1 is 1.33 bits per heavy atom. The number of carboxylic acids is 1. The van der Waals surface area contributed by atoms with Gasteiger partial charge in [0.25, 0.3) is 0 Å². The molecule has 0 saturated heterocycles. The molecule has 0 amide bonds. The maximum absolute atomic E-state index is 13.2. The number of sulfonamides is 1. The van der Waals surface area contributed by atoms with Crippen molar-refractivity contribution < 1.29 is 27.1 Å². The molecule has 0 radical (unpaired) electrons. The number of aliphatic carboxylic acids is 1. The zero-order chi connectivity index (χ0) is 13.8. The highest BCUT2D eigenvalue weighted by molar-refractivity contribution is 7.92. The lowest BCUT2D eigenvalue weighted by atomic mass is 10.3. The number of carbonyl (C=O) groups is 1. The third-order valence-electron chi connectivity index (χ3n) is 2.00. The minimum atomic E-state index is -3.89. The first kappa shape index (κ1) is 14.4. The van der Waals surface area contributed by atoms with Crippen LogP contribution in [0.1, 0.15) is 12.8 Å². The lowest BCUT2D eigenvalue weighted by Gasteiger charge is -2.08. The van der Waals surface area contributed by atoms with Crippen LogP contribution in [0.2, 0.25) is 0 Å². The van der Waals surface area contributed by atoms with E-state index in [0.717, 1.165) is 12.1 Å². The summed E-state index contributed by atoms with van der Waals surface area (Å²) in [6.45, 7) is 0. The highest BCUT2D eigenvalue weighted by Crippen LogP contribution is 2.17. The van der Waals surface area contributed by atoms with Gasteiger partial charge in [0, 0.05) is 12.5 Å². The summed E-state index contributed by atoms with van der Waals surface area (Å²) in [6, 6.07) is 2.37. The molecule has 0 aliphatic carbocycles. The van der Waals surface area contributed by atoms with Gasteiger partial charge in [-0.15, -0.1) is 0 Å². The Balaban J connectivity index is 2.70. The van der Waals surface area contributed by atoms with Gasteiger partial charge in [0.15, 0.2) is 0 Å². The van der Waals surface area contributed by atoms with E-state index in [1.54, 1.807) is 0 Å². The molecule has 0 saturated carbocycles. The van der Waals surface area contributed by atoms with Crippen molar-refractivity contribution in [2.24, 2.45) is 0 Å². The number of halogens is 2. The van der Waals surface area contributed by atoms with Crippen LogP contribution in [-0.4, -0.2) is 25.2 Å². The summed E-state index contributed by atoms with van der Waals surface area (Å²) < 4.78 is 50.7. The third-order valence-corrected chi connectivity index (χ3v) is 3.35. The maximum Gasteiger partial charge on any atom is 0.303 e. The Morgan fingerprint density at radius 3 is 2.61 bits per heavy atom. The van der Waals surface area contributed by atoms with Crippen molar-refractivity contribution in [1.82, 2.24) is 0 Å². The minimum absolute atomic E-state index is 0.110. The molecule has 100 valence electrons. The first-order valence-electron chi connectivity index (χ1n) is 4.97. The average molecular weight is 279 g/mol. The minimum Gasteiger partial charge on any atom is -0.481 e. The number of hydrogen-bond donors (Lipinski definition) is 2. The van der Waals surface area contributed by atoms with Gasteiger partial charge >= 0.3 is 5.97 Å². The van der Waals surface area contributed by atoms with Gasteiger partial charge in [-0.3, -0.25) is 9.52 Å². The highest BCUT2D eigenvalue weighted by Gasteiger charge is 2.14. The van der Waals surface area contributed by atoms with Gasteiger partial charge in [0.05, 0.1) is 11.4 Å². The molecule has 1 aromatic carbocycles. The standard InChI is InChI=1S/C10H11F2NO4S/c11-7-3-4-8(12)9(6-7)13-18(16,17)5-1-2-10(14)15/h3-4,6,13H,1-2,5H2,(H,14,15). The zero-order valence-corrected chi connectivity index (χ0v) is 10.0. The molecule has 5 nitrogen and oxygen atoms in total. The molecule has 1 rings (SSSR count). The second-order valence-electron chi connectivity index (χ2n) is 3.54. The van der Waals surface area contributed by atoms with Crippen LogP contribution in [0.3, 0.4) is 0 Å². The Bertz CT molecular complexity index is 545. The molecule has 0 bridgehead atoms.